The molecule has 0 radical (unpaired) electrons. The van der Waals surface area contributed by atoms with Gasteiger partial charge in [0.25, 0.3) is 0 Å². The molecule has 4 atom stereocenters. The summed E-state index contributed by atoms with van der Waals surface area (Å²) in [6, 6.07) is 11.3. The molecule has 0 aliphatic carbocycles. The summed E-state index contributed by atoms with van der Waals surface area (Å²) in [5, 5.41) is 20.1. The number of carboxylic acid groups (broad SMARTS) is 1. The molecule has 0 saturated heterocycles. The fraction of sp³-hybridized carbons (Fsp3) is 0.412. The molecule has 0 saturated carbocycles. The summed E-state index contributed by atoms with van der Waals surface area (Å²) in [5.41, 5.74) is 0.967. The van der Waals surface area contributed by atoms with Gasteiger partial charge >= 0.3 is 18.0 Å². The molecule has 0 aliphatic rings. The zero-order valence-electron chi connectivity index (χ0n) is 28.3. The number of hydrogen-bond donors (Lipinski definition) is 5. The summed E-state index contributed by atoms with van der Waals surface area (Å²) >= 11 is 0. The lowest BCUT2D eigenvalue weighted by molar-refractivity contribution is -0.145. The second-order valence-corrected chi connectivity index (χ2v) is 13.5. The smallest absolute Gasteiger partial charge is 0.408 e. The Balaban J connectivity index is 2.32. The molecule has 0 spiro atoms. The highest BCUT2D eigenvalue weighted by molar-refractivity contribution is 7.94. The number of sulfone groups is 1. The number of benzene rings is 2. The van der Waals surface area contributed by atoms with Crippen LogP contribution in [0, 0.1) is 5.92 Å². The van der Waals surface area contributed by atoms with Gasteiger partial charge in [-0.05, 0) is 24.0 Å². The molecule has 272 valence electrons. The number of carbonyl (C=O) groups excluding carboxylic acids is 5. The van der Waals surface area contributed by atoms with Crippen LogP contribution in [0.2, 0.25) is 0 Å². The van der Waals surface area contributed by atoms with Crippen molar-refractivity contribution >= 4 is 45.6 Å². The number of rotatable bonds is 19. The van der Waals surface area contributed by atoms with Crippen LogP contribution in [0.4, 0.5) is 4.79 Å². The molecule has 50 heavy (non-hydrogen) atoms. The third-order valence-electron chi connectivity index (χ3n) is 7.07. The number of carboxylic acids is 1. The molecule has 4 amide bonds. The number of nitrogens with one attached hydrogen (secondary N) is 4. The largest absolute Gasteiger partial charge is 0.481 e. The van der Waals surface area contributed by atoms with Gasteiger partial charge in [0.15, 0.2) is 9.84 Å². The van der Waals surface area contributed by atoms with Crippen LogP contribution in [-0.2, 0) is 49.9 Å². The zero-order valence-corrected chi connectivity index (χ0v) is 29.1. The maximum atomic E-state index is 13.8. The van der Waals surface area contributed by atoms with Crippen molar-refractivity contribution in [3.05, 3.63) is 83.3 Å². The molecule has 0 heterocycles. The molecule has 2 aromatic rings. The van der Waals surface area contributed by atoms with E-state index in [9.17, 15) is 42.3 Å². The molecular weight excluding hydrogens is 672 g/mol. The van der Waals surface area contributed by atoms with Gasteiger partial charge in [-0.25, -0.2) is 13.2 Å². The van der Waals surface area contributed by atoms with Crippen LogP contribution in [0.15, 0.2) is 72.1 Å². The Hall–Kier alpha value is -5.25. The molecule has 0 aliphatic heterocycles. The quantitative estimate of drug-likeness (QED) is 0.133. The van der Waals surface area contributed by atoms with Gasteiger partial charge < -0.3 is 35.8 Å². The maximum Gasteiger partial charge on any atom is 0.408 e. The monoisotopic (exact) mass is 716 g/mol. The van der Waals surface area contributed by atoms with E-state index in [0.29, 0.717) is 11.1 Å². The van der Waals surface area contributed by atoms with Crippen molar-refractivity contribution in [2.75, 3.05) is 12.4 Å². The van der Waals surface area contributed by atoms with Crippen molar-refractivity contribution in [1.82, 2.24) is 21.3 Å². The fourth-order valence-electron chi connectivity index (χ4n) is 4.40. The Labute approximate surface area is 291 Å². The van der Waals surface area contributed by atoms with Crippen LogP contribution < -0.4 is 21.3 Å². The zero-order chi connectivity index (χ0) is 37.3. The Morgan fingerprint density at radius 1 is 0.780 bits per heavy atom. The van der Waals surface area contributed by atoms with Crippen LogP contribution >= 0.6 is 0 Å². The molecule has 0 bridgehead atoms. The molecule has 5 N–H and O–H groups in total. The minimum absolute atomic E-state index is 0.0108. The van der Waals surface area contributed by atoms with Crippen molar-refractivity contribution < 1.29 is 51.8 Å². The second-order valence-electron chi connectivity index (χ2n) is 11.3. The summed E-state index contributed by atoms with van der Waals surface area (Å²) < 4.78 is 34.1. The van der Waals surface area contributed by atoms with Crippen LogP contribution in [0.25, 0.3) is 0 Å². The summed E-state index contributed by atoms with van der Waals surface area (Å²) in [4.78, 5) is 77.2. The molecule has 0 aromatic heterocycles. The second kappa shape index (κ2) is 20.3. The molecular formula is C34H44N4O11S. The number of amides is 4. The normalized spacial score (nSPS) is 13.7. The number of esters is 1. The van der Waals surface area contributed by atoms with Gasteiger partial charge in [-0.1, -0.05) is 87.5 Å². The third kappa shape index (κ3) is 14.5. The average molecular weight is 717 g/mol. The van der Waals surface area contributed by atoms with E-state index in [0.717, 1.165) is 11.5 Å². The Morgan fingerprint density at radius 2 is 1.40 bits per heavy atom. The first-order valence-corrected chi connectivity index (χ1v) is 17.6. The highest BCUT2D eigenvalue weighted by atomic mass is 32.2. The first kappa shape index (κ1) is 40.9. The van der Waals surface area contributed by atoms with Gasteiger partial charge in [0.2, 0.25) is 17.7 Å². The SMILES string of the molecule is CCOC(=O)C[C@H](NC(=O)OCc1ccccc1)C(=O)N[C@H](C(=O)N[C@@H](C(=O)N[C@H](/C=C/S(=O)(=O)CC)CC(=O)O)C(C)C)c1ccccc1. The lowest BCUT2D eigenvalue weighted by atomic mass is 10.00. The van der Waals surface area contributed by atoms with Gasteiger partial charge in [-0.3, -0.25) is 24.0 Å². The third-order valence-corrected chi connectivity index (χ3v) is 8.45. The summed E-state index contributed by atoms with van der Waals surface area (Å²) in [7, 11) is -3.63. The van der Waals surface area contributed by atoms with Crippen molar-refractivity contribution in [3.8, 4) is 0 Å². The number of hydrogen-bond acceptors (Lipinski definition) is 10. The van der Waals surface area contributed by atoms with Crippen LogP contribution in [0.5, 0.6) is 0 Å². The Morgan fingerprint density at radius 3 is 1.96 bits per heavy atom. The molecule has 2 aromatic carbocycles. The lowest BCUT2D eigenvalue weighted by Crippen LogP contribution is -2.56. The molecule has 0 fully saturated rings. The predicted octanol–water partition coefficient (Wildman–Crippen LogP) is 2.14. The highest BCUT2D eigenvalue weighted by Gasteiger charge is 2.33. The maximum absolute atomic E-state index is 13.8. The van der Waals surface area contributed by atoms with Gasteiger partial charge in [-0.2, -0.15) is 0 Å². The molecule has 16 heteroatoms. The van der Waals surface area contributed by atoms with E-state index in [1.54, 1.807) is 81.4 Å². The molecule has 2 rings (SSSR count). The topological polar surface area (TPSA) is 223 Å². The Bertz CT molecular complexity index is 1600. The number of ether oxygens (including phenoxy) is 2. The van der Waals surface area contributed by atoms with Crippen molar-refractivity contribution in [2.24, 2.45) is 5.92 Å². The summed E-state index contributed by atoms with van der Waals surface area (Å²) in [6.07, 6.45) is -1.18. The predicted molar refractivity (Wildman–Crippen MR) is 182 cm³/mol. The number of alkyl carbamates (subject to hydrolysis) is 1. The van der Waals surface area contributed by atoms with Crippen LogP contribution in [-0.4, -0.2) is 79.8 Å². The minimum atomic E-state index is -3.63. The van der Waals surface area contributed by atoms with E-state index in [2.05, 4.69) is 21.3 Å². The van der Waals surface area contributed by atoms with Crippen molar-refractivity contribution in [2.45, 2.75) is 71.3 Å². The van der Waals surface area contributed by atoms with Gasteiger partial charge in [0, 0.05) is 5.41 Å². The minimum Gasteiger partial charge on any atom is -0.481 e. The average Bonchev–Trinajstić information content (AvgIpc) is 3.07. The van der Waals surface area contributed by atoms with E-state index in [4.69, 9.17) is 9.47 Å². The van der Waals surface area contributed by atoms with E-state index >= 15 is 0 Å². The molecule has 15 nitrogen and oxygen atoms in total. The Kier molecular flexibility index (Phi) is 16.6. The highest BCUT2D eigenvalue weighted by Crippen LogP contribution is 2.16. The summed E-state index contributed by atoms with van der Waals surface area (Å²) in [6.45, 7) is 6.10. The van der Waals surface area contributed by atoms with Crippen LogP contribution in [0.3, 0.4) is 0 Å². The van der Waals surface area contributed by atoms with Crippen molar-refractivity contribution in [3.63, 3.8) is 0 Å². The van der Waals surface area contributed by atoms with E-state index in [1.807, 2.05) is 0 Å². The van der Waals surface area contributed by atoms with Gasteiger partial charge in [0.1, 0.15) is 24.7 Å². The van der Waals surface area contributed by atoms with E-state index in [-0.39, 0.29) is 19.0 Å². The van der Waals surface area contributed by atoms with E-state index in [1.165, 1.54) is 6.92 Å². The standard InChI is InChI=1S/C34H44N4O11S/c1-5-48-28(41)20-26(36-34(45)49-21-23-13-9-7-10-14-23)31(42)38-30(24-15-11-8-12-16-24)33(44)37-29(22(3)4)32(43)35-25(19-27(39)40)17-18-50(46,47)6-2/h7-18,22,25-26,29-30H,5-6,19-21H2,1-4H3,(H,35,43)(H,36,45)(H,37,44)(H,38,42)(H,39,40)/b18-17+/t25-,26+,29-,30+/m1/s1. The number of aliphatic carboxylic acids is 1. The first-order valence-electron chi connectivity index (χ1n) is 15.9. The van der Waals surface area contributed by atoms with Gasteiger partial charge in [-0.15, -0.1) is 0 Å². The van der Waals surface area contributed by atoms with E-state index < -0.39 is 88.5 Å². The van der Waals surface area contributed by atoms with Crippen LogP contribution in [0.1, 0.15) is 57.7 Å². The fourth-order valence-corrected chi connectivity index (χ4v) is 5.02. The first-order chi connectivity index (χ1) is 23.6. The molecule has 0 unspecified atom stereocenters. The number of carbonyl (C=O) groups is 6. The van der Waals surface area contributed by atoms with Gasteiger partial charge in [0.05, 0.1) is 31.2 Å². The van der Waals surface area contributed by atoms with Crippen molar-refractivity contribution in [1.29, 1.82) is 0 Å². The lowest BCUT2D eigenvalue weighted by Gasteiger charge is -2.27. The summed E-state index contributed by atoms with van der Waals surface area (Å²) in [5.74, 6) is -5.49.